The maximum Gasteiger partial charge on any atom is 0.375 e. The van der Waals surface area contributed by atoms with Gasteiger partial charge in [0.2, 0.25) is 5.76 Å². The Labute approximate surface area is 212 Å². The van der Waals surface area contributed by atoms with Crippen molar-refractivity contribution in [3.8, 4) is 11.8 Å². The van der Waals surface area contributed by atoms with Gasteiger partial charge in [-0.3, -0.25) is 4.79 Å². The molecule has 0 bridgehead atoms. The number of ether oxygens (including phenoxy) is 2. The molecular weight excluding hydrogens is 476 g/mol. The van der Waals surface area contributed by atoms with Crippen LogP contribution in [0.5, 0.6) is 5.75 Å². The van der Waals surface area contributed by atoms with Gasteiger partial charge in [0.15, 0.2) is 6.61 Å². The lowest BCUT2D eigenvalue weighted by atomic mass is 9.89. The van der Waals surface area contributed by atoms with Crippen molar-refractivity contribution in [2.45, 2.75) is 32.8 Å². The molecule has 0 radical (unpaired) electrons. The number of carbonyl (C=O) groups is 2. The molecule has 1 aliphatic rings. The minimum atomic E-state index is -0.757. The largest absolute Gasteiger partial charge is 0.489 e. The van der Waals surface area contributed by atoms with E-state index in [2.05, 4.69) is 18.3 Å². The van der Waals surface area contributed by atoms with E-state index < -0.39 is 18.5 Å². The molecule has 0 aliphatic heterocycles. The average Bonchev–Trinajstić information content (AvgIpc) is 3.43. The van der Waals surface area contributed by atoms with E-state index in [4.69, 9.17) is 13.9 Å². The standard InChI is InChI=1S/C28H24N2O5S/c1-17-11-12-20-21(14-29)27(36-24(20)13-17)30-25(31)16-34-28(32)26-22(15-33-18-7-3-2-4-8-18)19-9-5-6-10-23(19)35-26/h2-10,17H,11-13,15-16H2,1H3,(H,30,31)/t17-/m1/s1. The summed E-state index contributed by atoms with van der Waals surface area (Å²) in [5, 5.41) is 13.6. The number of hydrogen-bond acceptors (Lipinski definition) is 7. The van der Waals surface area contributed by atoms with Crippen molar-refractivity contribution >= 4 is 39.2 Å². The summed E-state index contributed by atoms with van der Waals surface area (Å²) < 4.78 is 16.9. The highest BCUT2D eigenvalue weighted by Crippen LogP contribution is 2.39. The van der Waals surface area contributed by atoms with Crippen molar-refractivity contribution in [2.75, 3.05) is 11.9 Å². The van der Waals surface area contributed by atoms with Gasteiger partial charge in [0, 0.05) is 10.3 Å². The molecule has 0 saturated heterocycles. The second-order valence-corrected chi connectivity index (χ2v) is 9.90. The van der Waals surface area contributed by atoms with Crippen LogP contribution in [0.2, 0.25) is 0 Å². The summed E-state index contributed by atoms with van der Waals surface area (Å²) >= 11 is 1.43. The van der Waals surface area contributed by atoms with Crippen LogP contribution in [0.3, 0.4) is 0 Å². The Morgan fingerprint density at radius 2 is 1.94 bits per heavy atom. The van der Waals surface area contributed by atoms with Gasteiger partial charge in [0.1, 0.15) is 29.0 Å². The maximum absolute atomic E-state index is 12.9. The molecule has 8 heteroatoms. The third kappa shape index (κ3) is 4.83. The Kier molecular flexibility index (Phi) is 6.74. The van der Waals surface area contributed by atoms with E-state index in [0.717, 1.165) is 35.1 Å². The highest BCUT2D eigenvalue weighted by atomic mass is 32.1. The molecule has 1 atom stereocenters. The molecule has 2 aromatic heterocycles. The third-order valence-corrected chi connectivity index (χ3v) is 7.39. The summed E-state index contributed by atoms with van der Waals surface area (Å²) in [5.74, 6) is -0.0605. The SMILES string of the molecule is C[C@@H]1CCc2c(sc(NC(=O)COC(=O)c3oc4ccccc4c3COc3ccccc3)c2C#N)C1. The molecular formula is C28H24N2O5S. The molecule has 0 unspecified atom stereocenters. The number of furan rings is 1. The number of anilines is 1. The number of nitriles is 1. The summed E-state index contributed by atoms with van der Waals surface area (Å²) in [6.45, 7) is 1.78. The number of rotatable bonds is 7. The quantitative estimate of drug-likeness (QED) is 0.319. The number of benzene rings is 2. The number of carbonyl (C=O) groups excluding carboxylic acids is 2. The lowest BCUT2D eigenvalue weighted by molar-refractivity contribution is -0.119. The van der Waals surface area contributed by atoms with Crippen LogP contribution in [-0.4, -0.2) is 18.5 Å². The average molecular weight is 501 g/mol. The fourth-order valence-electron chi connectivity index (χ4n) is 4.40. The topological polar surface area (TPSA) is 102 Å². The van der Waals surface area contributed by atoms with Crippen LogP contribution >= 0.6 is 11.3 Å². The summed E-state index contributed by atoms with van der Waals surface area (Å²) in [7, 11) is 0. The third-order valence-electron chi connectivity index (χ3n) is 6.22. The molecule has 1 amide bonds. The molecule has 2 heterocycles. The predicted octanol–water partition coefficient (Wildman–Crippen LogP) is 5.87. The van der Waals surface area contributed by atoms with Crippen molar-refractivity contribution in [1.29, 1.82) is 5.26 Å². The maximum atomic E-state index is 12.9. The molecule has 1 N–H and O–H groups in total. The molecule has 0 saturated carbocycles. The lowest BCUT2D eigenvalue weighted by Crippen LogP contribution is -2.21. The van der Waals surface area contributed by atoms with Gasteiger partial charge in [0.25, 0.3) is 5.91 Å². The smallest absolute Gasteiger partial charge is 0.375 e. The summed E-state index contributed by atoms with van der Waals surface area (Å²) in [4.78, 5) is 26.7. The van der Waals surface area contributed by atoms with Crippen LogP contribution in [0.25, 0.3) is 11.0 Å². The van der Waals surface area contributed by atoms with Crippen molar-refractivity contribution in [1.82, 2.24) is 0 Å². The van der Waals surface area contributed by atoms with Gasteiger partial charge in [-0.05, 0) is 48.9 Å². The second-order valence-electron chi connectivity index (χ2n) is 8.80. The van der Waals surface area contributed by atoms with E-state index in [1.165, 1.54) is 11.3 Å². The number of esters is 1. The van der Waals surface area contributed by atoms with Crippen LogP contribution in [0, 0.1) is 17.2 Å². The summed E-state index contributed by atoms with van der Waals surface area (Å²) in [6.07, 6.45) is 2.76. The normalized spacial score (nSPS) is 14.6. The van der Waals surface area contributed by atoms with Crippen molar-refractivity contribution < 1.29 is 23.5 Å². The van der Waals surface area contributed by atoms with E-state index >= 15 is 0 Å². The predicted molar refractivity (Wildman–Crippen MR) is 136 cm³/mol. The van der Waals surface area contributed by atoms with E-state index in [1.54, 1.807) is 6.07 Å². The minimum Gasteiger partial charge on any atom is -0.489 e. The Morgan fingerprint density at radius 1 is 1.17 bits per heavy atom. The van der Waals surface area contributed by atoms with Crippen LogP contribution in [0.15, 0.2) is 59.0 Å². The van der Waals surface area contributed by atoms with Gasteiger partial charge >= 0.3 is 5.97 Å². The highest BCUT2D eigenvalue weighted by molar-refractivity contribution is 7.16. The van der Waals surface area contributed by atoms with Crippen molar-refractivity contribution in [3.05, 3.63) is 81.9 Å². The van der Waals surface area contributed by atoms with E-state index in [1.807, 2.05) is 48.5 Å². The first-order chi connectivity index (χ1) is 17.5. The molecule has 5 rings (SSSR count). The monoisotopic (exact) mass is 500 g/mol. The van der Waals surface area contributed by atoms with Gasteiger partial charge in [0.05, 0.1) is 11.1 Å². The van der Waals surface area contributed by atoms with E-state index in [-0.39, 0.29) is 12.4 Å². The number of hydrogen-bond donors (Lipinski definition) is 1. The van der Waals surface area contributed by atoms with E-state index in [0.29, 0.717) is 33.4 Å². The number of thiophene rings is 1. The lowest BCUT2D eigenvalue weighted by Gasteiger charge is -2.17. The molecule has 2 aromatic carbocycles. The Morgan fingerprint density at radius 3 is 2.75 bits per heavy atom. The Balaban J connectivity index is 1.28. The van der Waals surface area contributed by atoms with E-state index in [9.17, 15) is 14.9 Å². The minimum absolute atomic E-state index is 0.00165. The Bertz CT molecular complexity index is 1460. The summed E-state index contributed by atoms with van der Waals surface area (Å²) in [5.41, 5.74) is 2.61. The second kappa shape index (κ2) is 10.3. The zero-order valence-electron chi connectivity index (χ0n) is 19.7. The fraction of sp³-hybridized carbons (Fsp3) is 0.250. The molecule has 36 heavy (non-hydrogen) atoms. The number of fused-ring (bicyclic) bond motifs is 2. The zero-order chi connectivity index (χ0) is 25.1. The molecule has 182 valence electrons. The number of nitrogens with zero attached hydrogens (tertiary/aromatic N) is 1. The van der Waals surface area contributed by atoms with Gasteiger partial charge < -0.3 is 19.2 Å². The molecule has 0 fully saturated rings. The number of para-hydroxylation sites is 2. The number of nitrogens with one attached hydrogen (secondary N) is 1. The van der Waals surface area contributed by atoms with Gasteiger partial charge in [-0.25, -0.2) is 4.79 Å². The molecule has 1 aliphatic carbocycles. The molecule has 7 nitrogen and oxygen atoms in total. The van der Waals surface area contributed by atoms with Crippen molar-refractivity contribution in [2.24, 2.45) is 5.92 Å². The van der Waals surface area contributed by atoms with Crippen LogP contribution < -0.4 is 10.1 Å². The highest BCUT2D eigenvalue weighted by Gasteiger charge is 2.26. The van der Waals surface area contributed by atoms with Crippen LogP contribution in [0.4, 0.5) is 5.00 Å². The fourth-order valence-corrected chi connectivity index (χ4v) is 5.77. The van der Waals surface area contributed by atoms with Crippen LogP contribution in [-0.2, 0) is 29.0 Å². The first-order valence-corrected chi connectivity index (χ1v) is 12.5. The molecule has 4 aromatic rings. The first-order valence-electron chi connectivity index (χ1n) is 11.7. The van der Waals surface area contributed by atoms with Crippen LogP contribution in [0.1, 0.15) is 45.5 Å². The first kappa shape index (κ1) is 23.6. The van der Waals surface area contributed by atoms with Gasteiger partial charge in [-0.2, -0.15) is 5.26 Å². The van der Waals surface area contributed by atoms with Crippen molar-refractivity contribution in [3.63, 3.8) is 0 Å². The molecule has 0 spiro atoms. The Hall–Kier alpha value is -4.09. The summed E-state index contributed by atoms with van der Waals surface area (Å²) in [6, 6.07) is 18.7. The number of amides is 1. The zero-order valence-corrected chi connectivity index (χ0v) is 20.5. The van der Waals surface area contributed by atoms with Gasteiger partial charge in [-0.1, -0.05) is 43.3 Å². The van der Waals surface area contributed by atoms with Gasteiger partial charge in [-0.15, -0.1) is 11.3 Å².